The molecule has 96 valence electrons. The molecule has 0 spiro atoms. The Hall–Kier alpha value is -1.45. The zero-order valence-corrected chi connectivity index (χ0v) is 11.1. The maximum absolute atomic E-state index is 8.89. The third kappa shape index (κ3) is 2.86. The normalized spacial score (nSPS) is 10.7. The summed E-state index contributed by atoms with van der Waals surface area (Å²) in [7, 11) is 0. The zero-order chi connectivity index (χ0) is 13.1. The molecule has 0 aliphatic carbocycles. The molecule has 0 aliphatic rings. The van der Waals surface area contributed by atoms with E-state index in [1.54, 1.807) is 12.1 Å². The van der Waals surface area contributed by atoms with E-state index < -0.39 is 0 Å². The van der Waals surface area contributed by atoms with Gasteiger partial charge in [-0.05, 0) is 49.2 Å². The molecule has 0 aliphatic heterocycles. The number of hydrogen-bond acceptors (Lipinski definition) is 3. The Bertz CT molecular complexity index is 523. The van der Waals surface area contributed by atoms with Gasteiger partial charge in [-0.2, -0.15) is 0 Å². The van der Waals surface area contributed by atoms with Crippen LogP contribution < -0.4 is 4.74 Å². The molecule has 1 aromatic heterocycles. The van der Waals surface area contributed by atoms with E-state index in [9.17, 15) is 0 Å². The molecule has 0 radical (unpaired) electrons. The summed E-state index contributed by atoms with van der Waals surface area (Å²) in [4.78, 5) is 0. The van der Waals surface area contributed by atoms with Gasteiger partial charge in [-0.15, -0.1) is 0 Å². The Morgan fingerprint density at radius 3 is 2.33 bits per heavy atom. The highest BCUT2D eigenvalue weighted by molar-refractivity contribution is 6.32. The van der Waals surface area contributed by atoms with Gasteiger partial charge < -0.3 is 14.3 Å². The van der Waals surface area contributed by atoms with E-state index in [1.165, 1.54) is 0 Å². The third-order valence-corrected chi connectivity index (χ3v) is 3.26. The lowest BCUT2D eigenvalue weighted by atomic mass is 10.1. The molecule has 0 unspecified atom stereocenters. The first kappa shape index (κ1) is 13.0. The molecular weight excluding hydrogens is 252 g/mol. The molecule has 1 aromatic carbocycles. The summed E-state index contributed by atoms with van der Waals surface area (Å²) in [5, 5.41) is 9.66. The number of aliphatic hydroxyl groups is 1. The van der Waals surface area contributed by atoms with Crippen molar-refractivity contribution < 1.29 is 14.3 Å². The number of halogens is 1. The van der Waals surface area contributed by atoms with Gasteiger partial charge in [0.2, 0.25) is 0 Å². The van der Waals surface area contributed by atoms with Gasteiger partial charge in [0, 0.05) is 5.02 Å². The molecule has 2 rings (SSSR count). The number of ether oxygens (including phenoxy) is 1. The minimum Gasteiger partial charge on any atom is -0.486 e. The van der Waals surface area contributed by atoms with Crippen LogP contribution in [0, 0.1) is 13.8 Å². The summed E-state index contributed by atoms with van der Waals surface area (Å²) in [6, 6.07) is 7.31. The predicted octanol–water partition coefficient (Wildman–Crippen LogP) is 3.62. The zero-order valence-electron chi connectivity index (χ0n) is 10.4. The minimum atomic E-state index is -0.0981. The molecule has 2 aromatic rings. The lowest BCUT2D eigenvalue weighted by Gasteiger charge is -2.08. The van der Waals surface area contributed by atoms with Crippen molar-refractivity contribution in [3.05, 3.63) is 51.9 Å². The first-order valence-corrected chi connectivity index (χ1v) is 6.06. The highest BCUT2D eigenvalue weighted by Gasteiger charge is 2.05. The first-order valence-electron chi connectivity index (χ1n) is 5.68. The second-order valence-corrected chi connectivity index (χ2v) is 4.56. The topological polar surface area (TPSA) is 42.6 Å². The summed E-state index contributed by atoms with van der Waals surface area (Å²) in [5.41, 5.74) is 1.98. The van der Waals surface area contributed by atoms with Crippen molar-refractivity contribution in [1.82, 2.24) is 0 Å². The highest BCUT2D eigenvalue weighted by atomic mass is 35.5. The Labute approximate surface area is 111 Å². The Kier molecular flexibility index (Phi) is 3.94. The van der Waals surface area contributed by atoms with E-state index in [0.717, 1.165) is 21.9 Å². The fraction of sp³-hybridized carbons (Fsp3) is 0.286. The van der Waals surface area contributed by atoms with Crippen LogP contribution in [0.15, 0.2) is 28.7 Å². The van der Waals surface area contributed by atoms with Gasteiger partial charge in [0.05, 0.1) is 0 Å². The van der Waals surface area contributed by atoms with E-state index in [2.05, 4.69) is 0 Å². The van der Waals surface area contributed by atoms with Crippen LogP contribution in [0.4, 0.5) is 0 Å². The molecule has 0 saturated heterocycles. The fourth-order valence-corrected chi connectivity index (χ4v) is 1.84. The summed E-state index contributed by atoms with van der Waals surface area (Å²) < 4.78 is 11.0. The fourth-order valence-electron chi connectivity index (χ4n) is 1.73. The van der Waals surface area contributed by atoms with E-state index in [-0.39, 0.29) is 6.61 Å². The summed E-state index contributed by atoms with van der Waals surface area (Å²) >= 11 is 6.09. The monoisotopic (exact) mass is 266 g/mol. The number of rotatable bonds is 4. The summed E-state index contributed by atoms with van der Waals surface area (Å²) in [5.74, 6) is 1.98. The SMILES string of the molecule is Cc1cc(OCc2ccc(CO)o2)cc(C)c1Cl. The molecule has 3 nitrogen and oxygen atoms in total. The quantitative estimate of drug-likeness (QED) is 0.919. The molecule has 0 bridgehead atoms. The van der Waals surface area contributed by atoms with Crippen molar-refractivity contribution in [2.75, 3.05) is 0 Å². The van der Waals surface area contributed by atoms with Gasteiger partial charge in [0.15, 0.2) is 0 Å². The second-order valence-electron chi connectivity index (χ2n) is 4.19. The standard InChI is InChI=1S/C14H15ClO3/c1-9-5-13(6-10(2)14(9)15)17-8-12-4-3-11(7-16)18-12/h3-6,16H,7-8H2,1-2H3. The van der Waals surface area contributed by atoms with Crippen molar-refractivity contribution in [2.45, 2.75) is 27.1 Å². The van der Waals surface area contributed by atoms with Gasteiger partial charge in [-0.1, -0.05) is 11.6 Å². The lowest BCUT2D eigenvalue weighted by molar-refractivity contribution is 0.224. The van der Waals surface area contributed by atoms with Crippen molar-refractivity contribution in [3.8, 4) is 5.75 Å². The molecule has 0 atom stereocenters. The van der Waals surface area contributed by atoms with Gasteiger partial charge >= 0.3 is 0 Å². The van der Waals surface area contributed by atoms with Crippen molar-refractivity contribution in [3.63, 3.8) is 0 Å². The average molecular weight is 267 g/mol. The second kappa shape index (κ2) is 5.46. The number of aryl methyl sites for hydroxylation is 2. The smallest absolute Gasteiger partial charge is 0.146 e. The minimum absolute atomic E-state index is 0.0981. The molecule has 0 fully saturated rings. The van der Waals surface area contributed by atoms with Crippen LogP contribution in [0.1, 0.15) is 22.6 Å². The Morgan fingerprint density at radius 1 is 1.17 bits per heavy atom. The van der Waals surface area contributed by atoms with Crippen LogP contribution >= 0.6 is 11.6 Å². The van der Waals surface area contributed by atoms with E-state index in [1.807, 2.05) is 26.0 Å². The molecule has 0 saturated carbocycles. The third-order valence-electron chi connectivity index (χ3n) is 2.66. The molecule has 18 heavy (non-hydrogen) atoms. The maximum Gasteiger partial charge on any atom is 0.146 e. The van der Waals surface area contributed by atoms with Crippen LogP contribution in [0.5, 0.6) is 5.75 Å². The average Bonchev–Trinajstić information content (AvgIpc) is 2.81. The Balaban J connectivity index is 2.06. The lowest BCUT2D eigenvalue weighted by Crippen LogP contribution is -1.95. The maximum atomic E-state index is 8.89. The van der Waals surface area contributed by atoms with E-state index in [0.29, 0.717) is 18.1 Å². The van der Waals surface area contributed by atoms with Crippen LogP contribution in [0.3, 0.4) is 0 Å². The van der Waals surface area contributed by atoms with Gasteiger partial charge in [-0.3, -0.25) is 0 Å². The van der Waals surface area contributed by atoms with Crippen LogP contribution in [0.2, 0.25) is 5.02 Å². The molecule has 1 heterocycles. The summed E-state index contributed by atoms with van der Waals surface area (Å²) in [6.45, 7) is 4.12. The van der Waals surface area contributed by atoms with Crippen molar-refractivity contribution in [1.29, 1.82) is 0 Å². The highest BCUT2D eigenvalue weighted by Crippen LogP contribution is 2.26. The Morgan fingerprint density at radius 2 is 1.78 bits per heavy atom. The molecule has 4 heteroatoms. The van der Waals surface area contributed by atoms with Crippen LogP contribution in [0.25, 0.3) is 0 Å². The van der Waals surface area contributed by atoms with Gasteiger partial charge in [0.25, 0.3) is 0 Å². The molecule has 1 N–H and O–H groups in total. The summed E-state index contributed by atoms with van der Waals surface area (Å²) in [6.07, 6.45) is 0. The van der Waals surface area contributed by atoms with Crippen LogP contribution in [-0.2, 0) is 13.2 Å². The van der Waals surface area contributed by atoms with Crippen molar-refractivity contribution >= 4 is 11.6 Å². The number of hydrogen-bond donors (Lipinski definition) is 1. The van der Waals surface area contributed by atoms with Crippen LogP contribution in [-0.4, -0.2) is 5.11 Å². The van der Waals surface area contributed by atoms with Gasteiger partial charge in [-0.25, -0.2) is 0 Å². The number of aliphatic hydroxyl groups excluding tert-OH is 1. The van der Waals surface area contributed by atoms with E-state index in [4.69, 9.17) is 25.9 Å². The largest absolute Gasteiger partial charge is 0.486 e. The van der Waals surface area contributed by atoms with E-state index >= 15 is 0 Å². The van der Waals surface area contributed by atoms with Crippen molar-refractivity contribution in [2.24, 2.45) is 0 Å². The van der Waals surface area contributed by atoms with Gasteiger partial charge in [0.1, 0.15) is 30.5 Å². The molecule has 0 amide bonds. The first-order chi connectivity index (χ1) is 8.60. The predicted molar refractivity (Wildman–Crippen MR) is 69.9 cm³/mol. The molecular formula is C14H15ClO3. The number of benzene rings is 1. The number of furan rings is 1.